The van der Waals surface area contributed by atoms with Gasteiger partial charge >= 0.3 is 0 Å². The Kier molecular flexibility index (Phi) is 15.6. The van der Waals surface area contributed by atoms with Crippen molar-refractivity contribution >= 4 is 23.6 Å². The van der Waals surface area contributed by atoms with Crippen LogP contribution in [-0.4, -0.2) is 34.4 Å². The van der Waals surface area contributed by atoms with Crippen LogP contribution in [0.2, 0.25) is 0 Å². The Balaban J connectivity index is 0.00000163. The van der Waals surface area contributed by atoms with Crippen LogP contribution in [0.3, 0.4) is 0 Å². The van der Waals surface area contributed by atoms with E-state index in [-0.39, 0.29) is 41.1 Å². The summed E-state index contributed by atoms with van der Waals surface area (Å²) >= 11 is 1.70. The first-order valence-corrected chi connectivity index (χ1v) is 14.0. The molecule has 2 amide bonds. The third-order valence-electron chi connectivity index (χ3n) is 5.50. The Bertz CT molecular complexity index is 1040. The highest BCUT2D eigenvalue weighted by Gasteiger charge is 2.18. The van der Waals surface area contributed by atoms with Crippen molar-refractivity contribution in [2.24, 2.45) is 11.8 Å². The van der Waals surface area contributed by atoms with Gasteiger partial charge in [0.15, 0.2) is 0 Å². The summed E-state index contributed by atoms with van der Waals surface area (Å²) in [5, 5.41) is 17.1. The van der Waals surface area contributed by atoms with Gasteiger partial charge in [0, 0.05) is 24.6 Å². The molecule has 1 aromatic rings. The summed E-state index contributed by atoms with van der Waals surface area (Å²) in [6.07, 6.45) is 14.4. The summed E-state index contributed by atoms with van der Waals surface area (Å²) in [4.78, 5) is 34.8. The Morgan fingerprint density at radius 2 is 1.81 bits per heavy atom. The van der Waals surface area contributed by atoms with E-state index in [0.717, 1.165) is 24.8 Å². The van der Waals surface area contributed by atoms with Crippen LogP contribution < -0.4 is 10.6 Å². The number of thioether (sulfide) groups is 1. The molecule has 3 rings (SSSR count). The maximum atomic E-state index is 12.8. The second-order valence-electron chi connectivity index (χ2n) is 8.13. The van der Waals surface area contributed by atoms with Gasteiger partial charge in [0.05, 0.1) is 12.0 Å². The highest BCUT2D eigenvalue weighted by Crippen LogP contribution is 2.27. The number of allylic oxidation sites excluding steroid dienone is 4. The normalized spacial score (nSPS) is 22.8. The SMILES string of the molecule is CC.CC.CCC1=CC(CNC(=O)c2cc(C(=O)NC3/C=C/CC(C#N)/C=C(\C)CC3)ncn2)C=CS1. The Hall–Kier alpha value is -3.18. The van der Waals surface area contributed by atoms with Crippen LogP contribution in [0.1, 0.15) is 88.2 Å². The molecule has 200 valence electrons. The standard InChI is InChI=1S/C25H29N5O2S.2C2H6/c1-3-21-12-19(9-10-33-21)15-27-24(31)22-13-23(29-16-28-22)25(32)30-20-6-4-5-18(14-26)11-17(2)7-8-20;2*1-2/h4,6,9-13,16,18-20H,3,5,7-8,15H2,1-2H3,(H,27,31)(H,30,32);2*1-2H3/b6-4+,17-11+;;. The molecule has 0 spiro atoms. The lowest BCUT2D eigenvalue weighted by molar-refractivity contribution is 0.0937. The second kappa shape index (κ2) is 18.1. The Morgan fingerprint density at radius 3 is 2.49 bits per heavy atom. The Labute approximate surface area is 226 Å². The summed E-state index contributed by atoms with van der Waals surface area (Å²) in [6, 6.07) is 3.52. The van der Waals surface area contributed by atoms with Gasteiger partial charge in [-0.15, -0.1) is 11.8 Å². The van der Waals surface area contributed by atoms with Crippen molar-refractivity contribution in [1.29, 1.82) is 5.26 Å². The van der Waals surface area contributed by atoms with Gasteiger partial charge in [0.1, 0.15) is 17.7 Å². The molecule has 0 fully saturated rings. The van der Waals surface area contributed by atoms with Gasteiger partial charge in [0.25, 0.3) is 11.8 Å². The molecule has 0 radical (unpaired) electrons. The fraction of sp³-hybridized carbons (Fsp3) is 0.483. The van der Waals surface area contributed by atoms with E-state index in [9.17, 15) is 14.9 Å². The summed E-state index contributed by atoms with van der Waals surface area (Å²) in [5.41, 5.74) is 1.44. The van der Waals surface area contributed by atoms with Gasteiger partial charge in [-0.25, -0.2) is 9.97 Å². The zero-order chi connectivity index (χ0) is 27.6. The van der Waals surface area contributed by atoms with Crippen LogP contribution in [0.4, 0.5) is 0 Å². The van der Waals surface area contributed by atoms with Crippen molar-refractivity contribution in [3.8, 4) is 6.07 Å². The highest BCUT2D eigenvalue weighted by atomic mass is 32.2. The van der Waals surface area contributed by atoms with Crippen molar-refractivity contribution in [1.82, 2.24) is 20.6 Å². The molecule has 0 aromatic carbocycles. The molecule has 2 heterocycles. The van der Waals surface area contributed by atoms with Crippen LogP contribution in [0, 0.1) is 23.2 Å². The lowest BCUT2D eigenvalue weighted by Gasteiger charge is -2.16. The third kappa shape index (κ3) is 11.2. The first kappa shape index (κ1) is 31.8. The topological polar surface area (TPSA) is 108 Å². The van der Waals surface area contributed by atoms with Crippen LogP contribution in [0.5, 0.6) is 0 Å². The van der Waals surface area contributed by atoms with E-state index in [1.165, 1.54) is 17.3 Å². The predicted molar refractivity (Wildman–Crippen MR) is 153 cm³/mol. The van der Waals surface area contributed by atoms with Gasteiger partial charge in [-0.2, -0.15) is 5.26 Å². The van der Waals surface area contributed by atoms with E-state index in [1.54, 1.807) is 11.8 Å². The number of carbonyl (C=O) groups excluding carboxylic acids is 2. The number of hydrogen-bond acceptors (Lipinski definition) is 6. The van der Waals surface area contributed by atoms with E-state index in [1.807, 2.05) is 58.3 Å². The van der Waals surface area contributed by atoms with Crippen LogP contribution in [0.15, 0.2) is 58.7 Å². The molecule has 3 unspecified atom stereocenters. The van der Waals surface area contributed by atoms with Gasteiger partial charge in [-0.1, -0.05) is 70.6 Å². The van der Waals surface area contributed by atoms with Gasteiger partial charge in [-0.05, 0) is 42.9 Å². The van der Waals surface area contributed by atoms with Crippen molar-refractivity contribution in [2.75, 3.05) is 6.54 Å². The fourth-order valence-corrected chi connectivity index (χ4v) is 4.49. The lowest BCUT2D eigenvalue weighted by atomic mass is 10.0. The molecule has 0 bridgehead atoms. The van der Waals surface area contributed by atoms with Crippen molar-refractivity contribution in [3.05, 3.63) is 70.0 Å². The molecule has 8 heteroatoms. The summed E-state index contributed by atoms with van der Waals surface area (Å²) in [7, 11) is 0. The second-order valence-corrected chi connectivity index (χ2v) is 9.16. The van der Waals surface area contributed by atoms with Crippen LogP contribution in [-0.2, 0) is 0 Å². The molecule has 2 aliphatic rings. The molecule has 1 aliphatic carbocycles. The van der Waals surface area contributed by atoms with Crippen LogP contribution in [0.25, 0.3) is 0 Å². The predicted octanol–water partition coefficient (Wildman–Crippen LogP) is 6.35. The number of hydrogen-bond donors (Lipinski definition) is 2. The number of aromatic nitrogens is 2. The quantitative estimate of drug-likeness (QED) is 0.420. The van der Waals surface area contributed by atoms with E-state index < -0.39 is 0 Å². The molecule has 37 heavy (non-hydrogen) atoms. The van der Waals surface area contributed by atoms with Gasteiger partial charge in [0.2, 0.25) is 0 Å². The molecule has 7 nitrogen and oxygen atoms in total. The zero-order valence-electron chi connectivity index (χ0n) is 23.0. The third-order valence-corrected chi connectivity index (χ3v) is 6.52. The summed E-state index contributed by atoms with van der Waals surface area (Å²) < 4.78 is 0. The van der Waals surface area contributed by atoms with Crippen molar-refractivity contribution in [2.45, 2.75) is 73.3 Å². The minimum Gasteiger partial charge on any atom is -0.350 e. The molecule has 1 aromatic heterocycles. The number of carbonyl (C=O) groups is 2. The fourth-order valence-electron chi connectivity index (χ4n) is 3.61. The molecule has 0 saturated heterocycles. The number of rotatable bonds is 6. The molecule has 1 aliphatic heterocycles. The smallest absolute Gasteiger partial charge is 0.270 e. The van der Waals surface area contributed by atoms with Crippen molar-refractivity contribution in [3.63, 3.8) is 0 Å². The number of amides is 2. The van der Waals surface area contributed by atoms with E-state index in [2.05, 4.69) is 45.7 Å². The van der Waals surface area contributed by atoms with Crippen LogP contribution >= 0.6 is 11.8 Å². The van der Waals surface area contributed by atoms with E-state index >= 15 is 0 Å². The minimum absolute atomic E-state index is 0.142. The van der Waals surface area contributed by atoms with Gasteiger partial charge in [-0.3, -0.25) is 9.59 Å². The summed E-state index contributed by atoms with van der Waals surface area (Å²) in [5.74, 6) is -0.703. The van der Waals surface area contributed by atoms with E-state index in [4.69, 9.17) is 0 Å². The average Bonchev–Trinajstić information content (AvgIpc) is 3.04. The minimum atomic E-state index is -0.360. The van der Waals surface area contributed by atoms with Crippen molar-refractivity contribution < 1.29 is 9.59 Å². The maximum Gasteiger partial charge on any atom is 0.270 e. The zero-order valence-corrected chi connectivity index (χ0v) is 23.8. The van der Waals surface area contributed by atoms with Gasteiger partial charge < -0.3 is 10.6 Å². The Morgan fingerprint density at radius 1 is 1.11 bits per heavy atom. The van der Waals surface area contributed by atoms with E-state index in [0.29, 0.717) is 13.0 Å². The lowest BCUT2D eigenvalue weighted by Crippen LogP contribution is -2.34. The average molecular weight is 524 g/mol. The largest absolute Gasteiger partial charge is 0.350 e. The number of nitrogens with one attached hydrogen (secondary N) is 2. The molecular formula is C29H41N5O2S. The molecule has 3 atom stereocenters. The molecule has 2 N–H and O–H groups in total. The molecule has 0 saturated carbocycles. The number of nitrogens with zero attached hydrogens (tertiary/aromatic N) is 3. The maximum absolute atomic E-state index is 12.8. The highest BCUT2D eigenvalue weighted by molar-refractivity contribution is 8.05. The number of nitriles is 1. The molecular weight excluding hydrogens is 482 g/mol. The monoisotopic (exact) mass is 523 g/mol. The first-order valence-electron chi connectivity index (χ1n) is 13.2. The first-order chi connectivity index (χ1) is 18.0. The summed E-state index contributed by atoms with van der Waals surface area (Å²) in [6.45, 7) is 12.6.